The second kappa shape index (κ2) is 11.5. The van der Waals surface area contributed by atoms with Crippen LogP contribution in [-0.2, 0) is 0 Å². The van der Waals surface area contributed by atoms with Crippen LogP contribution in [-0.4, -0.2) is 53.7 Å². The van der Waals surface area contributed by atoms with Crippen LogP contribution in [0, 0.1) is 13.8 Å². The number of aryl methyl sites for hydroxylation is 2. The van der Waals surface area contributed by atoms with E-state index in [1.54, 1.807) is 38.1 Å². The first-order valence-electron chi connectivity index (χ1n) is 10.6. The summed E-state index contributed by atoms with van der Waals surface area (Å²) in [7, 11) is 2.85. The number of carbonyl (C=O) groups is 2. The Labute approximate surface area is 207 Å². The van der Waals surface area contributed by atoms with E-state index in [-0.39, 0.29) is 34.1 Å². The number of amides is 2. The third-order valence-electron chi connectivity index (χ3n) is 5.06. The number of carbonyl (C=O) groups excluding carboxylic acids is 2. The molecule has 0 saturated heterocycles. The second-order valence-corrected chi connectivity index (χ2v) is 7.52. The summed E-state index contributed by atoms with van der Waals surface area (Å²) in [5, 5.41) is 27.2. The highest BCUT2D eigenvalue weighted by atomic mass is 16.5. The van der Waals surface area contributed by atoms with Gasteiger partial charge in [-0.25, -0.2) is 10.9 Å². The number of pyridine rings is 1. The fraction of sp³-hybridized carbons (Fsp3) is 0.160. The molecule has 0 radical (unpaired) electrons. The SMILES string of the molecule is COc1cc(C=NNC(=O)c2cc(C(=O)NN=Cc3ccc(O)c(OC)c3)c(C)nc2C)ccc1O. The number of hydrazone groups is 2. The Kier molecular flexibility index (Phi) is 8.18. The number of phenolic OH excluding ortho intramolecular Hbond substituents is 2. The highest BCUT2D eigenvalue weighted by Gasteiger charge is 2.17. The molecule has 0 saturated carbocycles. The van der Waals surface area contributed by atoms with Crippen LogP contribution < -0.4 is 20.3 Å². The molecule has 1 aromatic heterocycles. The fourth-order valence-corrected chi connectivity index (χ4v) is 3.19. The van der Waals surface area contributed by atoms with Gasteiger partial charge in [0.1, 0.15) is 0 Å². The van der Waals surface area contributed by atoms with Gasteiger partial charge in [0.15, 0.2) is 23.0 Å². The predicted octanol–water partition coefficient (Wildman–Crippen LogP) is 2.65. The minimum Gasteiger partial charge on any atom is -0.504 e. The molecule has 36 heavy (non-hydrogen) atoms. The summed E-state index contributed by atoms with van der Waals surface area (Å²) in [5.74, 6) is -0.610. The number of rotatable bonds is 8. The molecule has 0 spiro atoms. The van der Waals surface area contributed by atoms with Gasteiger partial charge in [0.05, 0.1) is 49.2 Å². The number of phenols is 2. The van der Waals surface area contributed by atoms with E-state index >= 15 is 0 Å². The molecule has 2 aromatic carbocycles. The average molecular weight is 492 g/mol. The van der Waals surface area contributed by atoms with Crippen LogP contribution in [0.1, 0.15) is 43.2 Å². The molecular formula is C25H25N5O6. The molecule has 0 fully saturated rings. The summed E-state index contributed by atoms with van der Waals surface area (Å²) in [4.78, 5) is 29.7. The van der Waals surface area contributed by atoms with E-state index in [0.717, 1.165) is 0 Å². The molecule has 186 valence electrons. The van der Waals surface area contributed by atoms with Crippen LogP contribution in [0.25, 0.3) is 0 Å². The number of aromatic hydroxyl groups is 2. The zero-order valence-corrected chi connectivity index (χ0v) is 20.1. The minimum atomic E-state index is -0.560. The van der Waals surface area contributed by atoms with Crippen molar-refractivity contribution in [2.24, 2.45) is 10.2 Å². The maximum atomic E-state index is 12.7. The van der Waals surface area contributed by atoms with Gasteiger partial charge in [-0.15, -0.1) is 0 Å². The van der Waals surface area contributed by atoms with Crippen molar-refractivity contribution in [3.63, 3.8) is 0 Å². The van der Waals surface area contributed by atoms with Crippen LogP contribution in [0.15, 0.2) is 52.7 Å². The standard InChI is InChI=1S/C25H25N5O6/c1-14-18(24(33)29-26-12-16-5-7-20(31)22(9-16)35-3)11-19(15(2)28-14)25(34)30-27-13-17-6-8-21(32)23(10-17)36-4/h5-13,31-32H,1-4H3,(H,29,33)(H,30,34). The Morgan fingerprint density at radius 2 is 1.19 bits per heavy atom. The maximum absolute atomic E-state index is 12.7. The van der Waals surface area contributed by atoms with Crippen LogP contribution in [0.5, 0.6) is 23.0 Å². The van der Waals surface area contributed by atoms with Gasteiger partial charge in [-0.3, -0.25) is 14.6 Å². The van der Waals surface area contributed by atoms with Gasteiger partial charge in [-0.2, -0.15) is 10.2 Å². The molecule has 4 N–H and O–H groups in total. The lowest BCUT2D eigenvalue weighted by atomic mass is 10.1. The minimum absolute atomic E-state index is 0.0158. The Morgan fingerprint density at radius 3 is 1.58 bits per heavy atom. The first-order chi connectivity index (χ1) is 17.2. The van der Waals surface area contributed by atoms with E-state index in [1.165, 1.54) is 44.8 Å². The number of nitrogens with zero attached hydrogens (tertiary/aromatic N) is 3. The quantitative estimate of drug-likeness (QED) is 0.279. The van der Waals surface area contributed by atoms with Crippen molar-refractivity contribution in [1.29, 1.82) is 0 Å². The Morgan fingerprint density at radius 1 is 0.778 bits per heavy atom. The van der Waals surface area contributed by atoms with Crippen LogP contribution in [0.3, 0.4) is 0 Å². The molecule has 0 aliphatic heterocycles. The molecule has 0 aliphatic carbocycles. The van der Waals surface area contributed by atoms with Gasteiger partial charge < -0.3 is 19.7 Å². The summed E-state index contributed by atoms with van der Waals surface area (Å²) in [6.07, 6.45) is 2.77. The zero-order valence-electron chi connectivity index (χ0n) is 20.1. The summed E-state index contributed by atoms with van der Waals surface area (Å²) < 4.78 is 10.1. The highest BCUT2D eigenvalue weighted by Crippen LogP contribution is 2.26. The average Bonchev–Trinajstić information content (AvgIpc) is 2.85. The summed E-state index contributed by atoms with van der Waals surface area (Å²) in [6, 6.07) is 10.6. The Balaban J connectivity index is 1.71. The van der Waals surface area contributed by atoms with Gasteiger partial charge in [0, 0.05) is 0 Å². The topological polar surface area (TPSA) is 155 Å². The van der Waals surface area contributed by atoms with Crippen molar-refractivity contribution in [2.75, 3.05) is 14.2 Å². The molecule has 11 heteroatoms. The lowest BCUT2D eigenvalue weighted by molar-refractivity contribution is 0.0954. The third kappa shape index (κ3) is 6.14. The first kappa shape index (κ1) is 25.7. The van der Waals surface area contributed by atoms with Crippen molar-refractivity contribution in [3.05, 3.63) is 76.1 Å². The number of hydrogen-bond donors (Lipinski definition) is 4. The second-order valence-electron chi connectivity index (χ2n) is 7.52. The van der Waals surface area contributed by atoms with Crippen molar-refractivity contribution in [3.8, 4) is 23.0 Å². The number of ether oxygens (including phenoxy) is 2. The van der Waals surface area contributed by atoms with E-state index in [2.05, 4.69) is 26.0 Å². The lowest BCUT2D eigenvalue weighted by Crippen LogP contribution is -2.23. The Hall–Kier alpha value is -4.93. The molecule has 3 rings (SSSR count). The van der Waals surface area contributed by atoms with Crippen molar-refractivity contribution >= 4 is 24.2 Å². The molecule has 3 aromatic rings. The van der Waals surface area contributed by atoms with Crippen molar-refractivity contribution in [2.45, 2.75) is 13.8 Å². The summed E-state index contributed by atoms with van der Waals surface area (Å²) >= 11 is 0. The first-order valence-corrected chi connectivity index (χ1v) is 10.6. The predicted molar refractivity (Wildman–Crippen MR) is 133 cm³/mol. The van der Waals surface area contributed by atoms with E-state index in [0.29, 0.717) is 22.5 Å². The Bertz CT molecular complexity index is 1250. The largest absolute Gasteiger partial charge is 0.504 e. The number of nitrogens with one attached hydrogen (secondary N) is 2. The van der Waals surface area contributed by atoms with E-state index in [1.807, 2.05) is 0 Å². The van der Waals surface area contributed by atoms with Gasteiger partial charge in [0.25, 0.3) is 11.8 Å². The van der Waals surface area contributed by atoms with E-state index in [9.17, 15) is 19.8 Å². The number of aromatic nitrogens is 1. The molecule has 0 aliphatic rings. The monoisotopic (exact) mass is 491 g/mol. The molecule has 2 amide bonds. The van der Waals surface area contributed by atoms with E-state index in [4.69, 9.17) is 9.47 Å². The zero-order chi connectivity index (χ0) is 26.2. The van der Waals surface area contributed by atoms with Gasteiger partial charge in [-0.05, 0) is 67.4 Å². The molecule has 0 unspecified atom stereocenters. The number of hydrogen-bond acceptors (Lipinski definition) is 9. The normalized spacial score (nSPS) is 11.0. The summed E-state index contributed by atoms with van der Waals surface area (Å²) in [5.41, 5.74) is 7.15. The highest BCUT2D eigenvalue weighted by molar-refractivity contribution is 6.01. The molecule has 1 heterocycles. The smallest absolute Gasteiger partial charge is 0.273 e. The number of benzene rings is 2. The van der Waals surface area contributed by atoms with Crippen LogP contribution in [0.2, 0.25) is 0 Å². The third-order valence-corrected chi connectivity index (χ3v) is 5.06. The van der Waals surface area contributed by atoms with E-state index < -0.39 is 11.8 Å². The molecule has 11 nitrogen and oxygen atoms in total. The molecular weight excluding hydrogens is 466 g/mol. The van der Waals surface area contributed by atoms with Gasteiger partial charge >= 0.3 is 0 Å². The number of methoxy groups -OCH3 is 2. The van der Waals surface area contributed by atoms with Crippen molar-refractivity contribution in [1.82, 2.24) is 15.8 Å². The molecule has 0 bridgehead atoms. The maximum Gasteiger partial charge on any atom is 0.273 e. The summed E-state index contributed by atoms with van der Waals surface area (Å²) in [6.45, 7) is 3.29. The van der Waals surface area contributed by atoms with Gasteiger partial charge in [-0.1, -0.05) is 0 Å². The van der Waals surface area contributed by atoms with Crippen LogP contribution in [0.4, 0.5) is 0 Å². The van der Waals surface area contributed by atoms with Crippen LogP contribution >= 0.6 is 0 Å². The van der Waals surface area contributed by atoms with Gasteiger partial charge in [0.2, 0.25) is 0 Å². The molecule has 0 atom stereocenters. The van der Waals surface area contributed by atoms with Crippen molar-refractivity contribution < 1.29 is 29.3 Å². The fourth-order valence-electron chi connectivity index (χ4n) is 3.19. The lowest BCUT2D eigenvalue weighted by Gasteiger charge is -2.09.